The van der Waals surface area contributed by atoms with Gasteiger partial charge in [0.25, 0.3) is 0 Å². The van der Waals surface area contributed by atoms with E-state index in [2.05, 4.69) is 57.3 Å². The lowest BCUT2D eigenvalue weighted by molar-refractivity contribution is 0.128. The third-order valence-electron chi connectivity index (χ3n) is 4.60. The van der Waals surface area contributed by atoms with Gasteiger partial charge in [0.15, 0.2) is 5.96 Å². The van der Waals surface area contributed by atoms with Crippen LogP contribution in [-0.4, -0.2) is 37.5 Å². The third-order valence-corrected chi connectivity index (χ3v) is 6.47. The zero-order chi connectivity index (χ0) is 16.8. The lowest BCUT2D eigenvalue weighted by atomic mass is 9.88. The summed E-state index contributed by atoms with van der Waals surface area (Å²) in [5, 5.41) is 7.52. The van der Waals surface area contributed by atoms with Crippen molar-refractivity contribution in [2.45, 2.75) is 25.3 Å². The summed E-state index contributed by atoms with van der Waals surface area (Å²) in [6.07, 6.45) is 3.46. The summed E-state index contributed by atoms with van der Waals surface area (Å²) in [5.74, 6) is 1.12. The Morgan fingerprint density at radius 3 is 2.84 bits per heavy atom. The van der Waals surface area contributed by atoms with E-state index in [1.807, 2.05) is 11.3 Å². The summed E-state index contributed by atoms with van der Waals surface area (Å²) in [7, 11) is 2.23. The van der Waals surface area contributed by atoms with E-state index in [1.165, 1.54) is 22.6 Å². The van der Waals surface area contributed by atoms with Gasteiger partial charge >= 0.3 is 0 Å². The summed E-state index contributed by atoms with van der Waals surface area (Å²) in [6.45, 7) is 2.80. The lowest BCUT2D eigenvalue weighted by Crippen LogP contribution is -2.38. The van der Waals surface area contributed by atoms with Gasteiger partial charge in [-0.15, -0.1) is 46.7 Å². The highest BCUT2D eigenvalue weighted by Gasteiger charge is 2.30. The largest absolute Gasteiger partial charge is 0.370 e. The molecule has 1 fully saturated rings. The monoisotopic (exact) mass is 490 g/mol. The average Bonchev–Trinajstić information content (AvgIpc) is 3.26. The molecule has 1 aliphatic heterocycles. The molecule has 3 heterocycles. The fourth-order valence-corrected chi connectivity index (χ4v) is 5.09. The number of thiophene rings is 2. The van der Waals surface area contributed by atoms with Crippen molar-refractivity contribution in [1.82, 2.24) is 10.2 Å². The van der Waals surface area contributed by atoms with Crippen molar-refractivity contribution in [3.05, 3.63) is 44.8 Å². The van der Waals surface area contributed by atoms with Gasteiger partial charge in [0, 0.05) is 28.9 Å². The van der Waals surface area contributed by atoms with Gasteiger partial charge in [-0.2, -0.15) is 0 Å². The van der Waals surface area contributed by atoms with Crippen LogP contribution in [0.2, 0.25) is 0 Å². The van der Waals surface area contributed by atoms with Gasteiger partial charge in [0.05, 0.1) is 0 Å². The van der Waals surface area contributed by atoms with Crippen LogP contribution >= 0.6 is 46.7 Å². The van der Waals surface area contributed by atoms with E-state index in [4.69, 9.17) is 5.73 Å². The molecule has 0 aromatic carbocycles. The van der Waals surface area contributed by atoms with Crippen molar-refractivity contribution in [3.63, 3.8) is 0 Å². The Morgan fingerprint density at radius 2 is 2.12 bits per heavy atom. The van der Waals surface area contributed by atoms with E-state index in [-0.39, 0.29) is 24.0 Å². The molecule has 7 heteroatoms. The topological polar surface area (TPSA) is 53.6 Å². The minimum absolute atomic E-state index is 0. The van der Waals surface area contributed by atoms with Crippen molar-refractivity contribution in [2.75, 3.05) is 26.7 Å². The van der Waals surface area contributed by atoms with Crippen LogP contribution in [0.1, 0.15) is 28.6 Å². The predicted molar refractivity (Wildman–Crippen MR) is 120 cm³/mol. The molecule has 0 amide bonds. The highest BCUT2D eigenvalue weighted by Crippen LogP contribution is 2.37. The summed E-state index contributed by atoms with van der Waals surface area (Å²) in [6, 6.07) is 9.10. The minimum Gasteiger partial charge on any atom is -0.370 e. The maximum Gasteiger partial charge on any atom is 0.188 e. The van der Waals surface area contributed by atoms with Crippen LogP contribution in [0, 0.1) is 5.92 Å². The van der Waals surface area contributed by atoms with E-state index in [9.17, 15) is 0 Å². The Morgan fingerprint density at radius 1 is 1.32 bits per heavy atom. The number of hydrogen-bond acceptors (Lipinski definition) is 4. The minimum atomic E-state index is 0. The molecule has 2 atom stereocenters. The van der Waals surface area contributed by atoms with Gasteiger partial charge in [0.1, 0.15) is 0 Å². The molecule has 0 radical (unpaired) electrons. The maximum absolute atomic E-state index is 6.06. The van der Waals surface area contributed by atoms with Crippen LogP contribution in [-0.2, 0) is 6.42 Å². The SMILES string of the molecule is CN1CCCC(CN=C(N)NCCc2cccs2)C1c1cccs1.I. The van der Waals surface area contributed by atoms with E-state index >= 15 is 0 Å². The van der Waals surface area contributed by atoms with Gasteiger partial charge in [-0.05, 0) is 61.7 Å². The van der Waals surface area contributed by atoms with Crippen molar-refractivity contribution in [2.24, 2.45) is 16.6 Å². The highest BCUT2D eigenvalue weighted by atomic mass is 127. The number of aliphatic imine (C=N–C) groups is 1. The van der Waals surface area contributed by atoms with Gasteiger partial charge in [-0.1, -0.05) is 12.1 Å². The third kappa shape index (κ3) is 5.94. The molecular weight excluding hydrogens is 463 g/mol. The van der Waals surface area contributed by atoms with Crippen molar-refractivity contribution < 1.29 is 0 Å². The first kappa shape index (κ1) is 20.7. The molecule has 25 heavy (non-hydrogen) atoms. The number of rotatable bonds is 6. The number of hydrogen-bond donors (Lipinski definition) is 2. The molecule has 0 spiro atoms. The second kappa shape index (κ2) is 10.5. The summed E-state index contributed by atoms with van der Waals surface area (Å²) in [5.41, 5.74) is 6.06. The summed E-state index contributed by atoms with van der Waals surface area (Å²) >= 11 is 3.63. The first-order valence-corrected chi connectivity index (χ1v) is 10.3. The summed E-state index contributed by atoms with van der Waals surface area (Å²) < 4.78 is 0. The van der Waals surface area contributed by atoms with E-state index in [0.717, 1.165) is 26.1 Å². The van der Waals surface area contributed by atoms with Gasteiger partial charge in [0.2, 0.25) is 0 Å². The van der Waals surface area contributed by atoms with Crippen molar-refractivity contribution >= 4 is 52.6 Å². The molecule has 1 saturated heterocycles. The standard InChI is InChI=1S/C18H26N4S2.HI/c1-22-10-2-5-14(17(22)16-7-4-12-24-16)13-21-18(19)20-9-8-15-6-3-11-23-15;/h3-4,6-7,11-12,14,17H,2,5,8-10,13H2,1H3,(H3,19,20,21);1H. The predicted octanol–water partition coefficient (Wildman–Crippen LogP) is 3.96. The average molecular weight is 490 g/mol. The second-order valence-electron chi connectivity index (χ2n) is 6.33. The second-order valence-corrected chi connectivity index (χ2v) is 8.34. The molecule has 0 bridgehead atoms. The first-order valence-electron chi connectivity index (χ1n) is 8.54. The molecule has 2 unspecified atom stereocenters. The fraction of sp³-hybridized carbons (Fsp3) is 0.500. The summed E-state index contributed by atoms with van der Waals surface area (Å²) in [4.78, 5) is 9.92. The lowest BCUT2D eigenvalue weighted by Gasteiger charge is -2.38. The van der Waals surface area contributed by atoms with Crippen LogP contribution in [0.3, 0.4) is 0 Å². The molecule has 2 aromatic heterocycles. The molecule has 3 rings (SSSR count). The van der Waals surface area contributed by atoms with Gasteiger partial charge in [-0.25, -0.2) is 0 Å². The number of piperidine rings is 1. The van der Waals surface area contributed by atoms with Crippen LogP contribution in [0.4, 0.5) is 0 Å². The molecule has 0 saturated carbocycles. The van der Waals surface area contributed by atoms with Crippen molar-refractivity contribution in [1.29, 1.82) is 0 Å². The van der Waals surface area contributed by atoms with E-state index in [1.54, 1.807) is 11.3 Å². The molecular formula is C18H27IN4S2. The number of nitrogens with two attached hydrogens (primary N) is 1. The van der Waals surface area contributed by atoms with E-state index < -0.39 is 0 Å². The Labute approximate surface area is 175 Å². The van der Waals surface area contributed by atoms with Gasteiger partial charge < -0.3 is 11.1 Å². The molecule has 0 aliphatic carbocycles. The normalized spacial score (nSPS) is 21.7. The van der Waals surface area contributed by atoms with Crippen molar-refractivity contribution in [3.8, 4) is 0 Å². The number of nitrogens with zero attached hydrogens (tertiary/aromatic N) is 2. The Kier molecular flexibility index (Phi) is 8.68. The molecule has 2 aromatic rings. The molecule has 4 nitrogen and oxygen atoms in total. The highest BCUT2D eigenvalue weighted by molar-refractivity contribution is 14.0. The fourth-order valence-electron chi connectivity index (χ4n) is 3.40. The number of nitrogens with one attached hydrogen (secondary N) is 1. The quantitative estimate of drug-likeness (QED) is 0.366. The number of guanidine groups is 1. The maximum atomic E-state index is 6.06. The number of halogens is 1. The molecule has 138 valence electrons. The Bertz CT molecular complexity index is 628. The first-order chi connectivity index (χ1) is 11.7. The number of likely N-dealkylation sites (tertiary alicyclic amines) is 1. The van der Waals surface area contributed by atoms with Crippen LogP contribution in [0.5, 0.6) is 0 Å². The Hall–Kier alpha value is -0.640. The molecule has 1 aliphatic rings. The smallest absolute Gasteiger partial charge is 0.188 e. The molecule has 3 N–H and O–H groups in total. The van der Waals surface area contributed by atoms with E-state index in [0.29, 0.717) is 17.9 Å². The van der Waals surface area contributed by atoms with Crippen LogP contribution in [0.25, 0.3) is 0 Å². The zero-order valence-electron chi connectivity index (χ0n) is 14.6. The van der Waals surface area contributed by atoms with Crippen LogP contribution < -0.4 is 11.1 Å². The zero-order valence-corrected chi connectivity index (χ0v) is 18.5. The van der Waals surface area contributed by atoms with Crippen LogP contribution in [0.15, 0.2) is 40.0 Å². The van der Waals surface area contributed by atoms with Gasteiger partial charge in [-0.3, -0.25) is 9.89 Å². The Balaban J connectivity index is 0.00000225.